The largest absolute Gasteiger partial charge is 0.490 e. The van der Waals surface area contributed by atoms with Crippen molar-refractivity contribution in [3.05, 3.63) is 83.9 Å². The fraction of sp³-hybridized carbons (Fsp3) is 0.310. The van der Waals surface area contributed by atoms with Crippen LogP contribution in [0.25, 0.3) is 0 Å². The van der Waals surface area contributed by atoms with E-state index in [9.17, 15) is 9.59 Å². The zero-order valence-corrected chi connectivity index (χ0v) is 20.5. The molecule has 2 aliphatic rings. The topological polar surface area (TPSA) is 53.1 Å². The first-order chi connectivity index (χ1) is 17.0. The van der Waals surface area contributed by atoms with Crippen LogP contribution < -0.4 is 19.4 Å². The smallest absolute Gasteiger partial charge is 0.258 e. The van der Waals surface area contributed by atoms with Crippen LogP contribution in [0.15, 0.2) is 72.8 Å². The molecule has 3 aromatic rings. The van der Waals surface area contributed by atoms with Crippen LogP contribution in [0.2, 0.25) is 0 Å². The van der Waals surface area contributed by atoms with Crippen molar-refractivity contribution in [1.29, 1.82) is 0 Å². The van der Waals surface area contributed by atoms with Crippen molar-refractivity contribution < 1.29 is 14.3 Å². The van der Waals surface area contributed by atoms with Gasteiger partial charge in [-0.05, 0) is 55.3 Å². The van der Waals surface area contributed by atoms with Gasteiger partial charge < -0.3 is 19.4 Å². The van der Waals surface area contributed by atoms with Gasteiger partial charge in [-0.15, -0.1) is 0 Å². The second-order valence-electron chi connectivity index (χ2n) is 9.24. The Morgan fingerprint density at radius 1 is 1.00 bits per heavy atom. The van der Waals surface area contributed by atoms with Crippen molar-refractivity contribution in [1.82, 2.24) is 0 Å². The molecule has 0 N–H and O–H groups in total. The molecule has 0 saturated heterocycles. The molecule has 2 heterocycles. The first-order valence-corrected chi connectivity index (χ1v) is 12.3. The normalized spacial score (nSPS) is 18.8. The van der Waals surface area contributed by atoms with Gasteiger partial charge >= 0.3 is 0 Å². The molecule has 180 valence electrons. The highest BCUT2D eigenvalue weighted by atomic mass is 16.5. The van der Waals surface area contributed by atoms with Gasteiger partial charge in [0.25, 0.3) is 5.91 Å². The zero-order chi connectivity index (χ0) is 24.5. The second-order valence-corrected chi connectivity index (χ2v) is 9.24. The van der Waals surface area contributed by atoms with Crippen LogP contribution >= 0.6 is 0 Å². The first-order valence-electron chi connectivity index (χ1n) is 12.3. The quantitative estimate of drug-likeness (QED) is 0.511. The Hall–Kier alpha value is -3.80. The molecule has 5 rings (SSSR count). The Morgan fingerprint density at radius 2 is 1.74 bits per heavy atom. The van der Waals surface area contributed by atoms with Crippen LogP contribution in [0.4, 0.5) is 17.1 Å². The van der Waals surface area contributed by atoms with Crippen LogP contribution in [0, 0.1) is 0 Å². The number of carbonyl (C=O) groups excluding carboxylic acids is 2. The third-order valence-corrected chi connectivity index (χ3v) is 7.00. The molecule has 0 aliphatic carbocycles. The molecule has 1 unspecified atom stereocenters. The van der Waals surface area contributed by atoms with E-state index in [0.29, 0.717) is 25.0 Å². The lowest BCUT2D eigenvalue weighted by molar-refractivity contribution is -0.118. The predicted molar refractivity (Wildman–Crippen MR) is 139 cm³/mol. The predicted octanol–water partition coefficient (Wildman–Crippen LogP) is 5.44. The molecule has 0 aromatic heterocycles. The van der Waals surface area contributed by atoms with Crippen molar-refractivity contribution in [2.45, 2.75) is 38.8 Å². The van der Waals surface area contributed by atoms with Crippen LogP contribution in [0.1, 0.15) is 48.7 Å². The number of para-hydroxylation sites is 2. The molecule has 2 atom stereocenters. The number of carbonyl (C=O) groups is 2. The van der Waals surface area contributed by atoms with E-state index in [2.05, 4.69) is 11.8 Å². The number of hydrogen-bond acceptors (Lipinski definition) is 4. The molecule has 0 radical (unpaired) electrons. The second kappa shape index (κ2) is 9.45. The molecule has 6 heteroatoms. The SMILES string of the molecule is CCC(=O)N(c1ccccc1)[C@H]1CC(C)N(C(=O)c2ccc3c(c2)OCCN3C)c2ccccc21. The van der Waals surface area contributed by atoms with Crippen molar-refractivity contribution in [2.75, 3.05) is 34.9 Å². The monoisotopic (exact) mass is 469 g/mol. The van der Waals surface area contributed by atoms with Gasteiger partial charge in [0.2, 0.25) is 5.91 Å². The first kappa shape index (κ1) is 23.0. The number of anilines is 3. The summed E-state index contributed by atoms with van der Waals surface area (Å²) in [5, 5.41) is 0. The van der Waals surface area contributed by atoms with Crippen LogP contribution in [0.5, 0.6) is 5.75 Å². The maximum Gasteiger partial charge on any atom is 0.258 e. The van der Waals surface area contributed by atoms with Gasteiger partial charge in [0.15, 0.2) is 0 Å². The summed E-state index contributed by atoms with van der Waals surface area (Å²) >= 11 is 0. The van der Waals surface area contributed by atoms with Gasteiger partial charge in [0, 0.05) is 36.4 Å². The molecule has 0 fully saturated rings. The van der Waals surface area contributed by atoms with E-state index in [-0.39, 0.29) is 23.9 Å². The van der Waals surface area contributed by atoms with Gasteiger partial charge in [-0.2, -0.15) is 0 Å². The molecule has 6 nitrogen and oxygen atoms in total. The fourth-order valence-electron chi connectivity index (χ4n) is 5.22. The number of fused-ring (bicyclic) bond motifs is 2. The van der Waals surface area contributed by atoms with Crippen LogP contribution in [-0.4, -0.2) is 38.1 Å². The third-order valence-electron chi connectivity index (χ3n) is 7.00. The lowest BCUT2D eigenvalue weighted by Crippen LogP contribution is -2.47. The summed E-state index contributed by atoms with van der Waals surface area (Å²) < 4.78 is 5.85. The maximum atomic E-state index is 13.9. The number of hydrogen-bond donors (Lipinski definition) is 0. The number of benzene rings is 3. The zero-order valence-electron chi connectivity index (χ0n) is 20.5. The van der Waals surface area contributed by atoms with Crippen molar-refractivity contribution in [2.24, 2.45) is 0 Å². The standard InChI is InChI=1S/C29H31N3O3/c1-4-28(33)32(22-10-6-5-7-11-22)26-18-20(2)31(24-13-9-8-12-23(24)26)29(34)21-14-15-25-27(19-21)35-17-16-30(25)3/h5-15,19-20,26H,4,16-18H2,1-3H3/t20?,26-/m0/s1. The number of nitrogens with zero attached hydrogens (tertiary/aromatic N) is 3. The molecular weight excluding hydrogens is 438 g/mol. The Bertz CT molecular complexity index is 1240. The molecule has 3 aromatic carbocycles. The van der Waals surface area contributed by atoms with Gasteiger partial charge in [0.1, 0.15) is 12.4 Å². The van der Waals surface area contributed by atoms with Crippen molar-refractivity contribution in [3.63, 3.8) is 0 Å². The van der Waals surface area contributed by atoms with E-state index in [1.54, 1.807) is 0 Å². The number of likely N-dealkylation sites (N-methyl/N-ethyl adjacent to an activating group) is 1. The van der Waals surface area contributed by atoms with Crippen molar-refractivity contribution in [3.8, 4) is 5.75 Å². The summed E-state index contributed by atoms with van der Waals surface area (Å²) in [7, 11) is 2.03. The Kier molecular flexibility index (Phi) is 6.20. The Labute approximate surface area is 206 Å². The number of ether oxygens (including phenoxy) is 1. The lowest BCUT2D eigenvalue weighted by Gasteiger charge is -2.43. The minimum Gasteiger partial charge on any atom is -0.490 e. The van der Waals surface area contributed by atoms with E-state index in [0.717, 1.165) is 34.9 Å². The third kappa shape index (κ3) is 4.14. The highest BCUT2D eigenvalue weighted by Crippen LogP contribution is 2.43. The maximum absolute atomic E-state index is 13.9. The minimum absolute atomic E-state index is 0.0592. The van der Waals surface area contributed by atoms with Gasteiger partial charge in [-0.1, -0.05) is 43.3 Å². The van der Waals surface area contributed by atoms with E-state index in [1.165, 1.54) is 0 Å². The van der Waals surface area contributed by atoms with E-state index >= 15 is 0 Å². The fourth-order valence-corrected chi connectivity index (χ4v) is 5.22. The molecular formula is C29H31N3O3. The summed E-state index contributed by atoms with van der Waals surface area (Å²) in [4.78, 5) is 32.9. The number of rotatable bonds is 4. The average molecular weight is 470 g/mol. The van der Waals surface area contributed by atoms with E-state index in [1.807, 2.05) is 96.6 Å². The highest BCUT2D eigenvalue weighted by Gasteiger charge is 2.38. The van der Waals surface area contributed by atoms with Gasteiger partial charge in [0.05, 0.1) is 18.3 Å². The molecule has 0 bridgehead atoms. The average Bonchev–Trinajstić information content (AvgIpc) is 2.89. The number of amides is 2. The summed E-state index contributed by atoms with van der Waals surface area (Å²) in [6, 6.07) is 23.2. The van der Waals surface area contributed by atoms with Gasteiger partial charge in [-0.25, -0.2) is 0 Å². The molecule has 0 saturated carbocycles. The van der Waals surface area contributed by atoms with Gasteiger partial charge in [-0.3, -0.25) is 9.59 Å². The highest BCUT2D eigenvalue weighted by molar-refractivity contribution is 6.08. The van der Waals surface area contributed by atoms with E-state index < -0.39 is 0 Å². The summed E-state index contributed by atoms with van der Waals surface area (Å²) in [6.07, 6.45) is 1.06. The lowest BCUT2D eigenvalue weighted by atomic mass is 9.89. The molecule has 2 amide bonds. The summed E-state index contributed by atoms with van der Waals surface area (Å²) in [5.74, 6) is 0.749. The molecule has 0 spiro atoms. The minimum atomic E-state index is -0.152. The molecule has 2 aliphatic heterocycles. The van der Waals surface area contributed by atoms with Crippen molar-refractivity contribution >= 4 is 28.9 Å². The van der Waals surface area contributed by atoms with Crippen LogP contribution in [-0.2, 0) is 4.79 Å². The van der Waals surface area contributed by atoms with Crippen LogP contribution in [0.3, 0.4) is 0 Å². The Balaban J connectivity index is 1.54. The van der Waals surface area contributed by atoms with E-state index in [4.69, 9.17) is 4.74 Å². The summed E-state index contributed by atoms with van der Waals surface area (Å²) in [5.41, 5.74) is 4.31. The summed E-state index contributed by atoms with van der Waals surface area (Å²) in [6.45, 7) is 5.38. The molecule has 35 heavy (non-hydrogen) atoms. The Morgan fingerprint density at radius 3 is 2.51 bits per heavy atom.